The van der Waals surface area contributed by atoms with E-state index in [1.807, 2.05) is 6.92 Å². The molecule has 0 spiro atoms. The van der Waals surface area contributed by atoms with Crippen LogP contribution in [0.3, 0.4) is 0 Å². The van der Waals surface area contributed by atoms with E-state index in [-0.39, 0.29) is 15.6 Å². The summed E-state index contributed by atoms with van der Waals surface area (Å²) in [4.78, 5) is 12.0. The molecule has 3 aromatic rings. The Morgan fingerprint density at radius 1 is 1.31 bits per heavy atom. The van der Waals surface area contributed by atoms with E-state index in [1.54, 1.807) is 29.6 Å². The Balaban J connectivity index is 2.20. The molecule has 138 valence electrons. The number of ether oxygens (including phenoxy) is 2. The topological polar surface area (TPSA) is 87.0 Å². The zero-order valence-corrected chi connectivity index (χ0v) is 16.5. The van der Waals surface area contributed by atoms with Crippen LogP contribution in [-0.2, 0) is 26.1 Å². The number of thiophene rings is 1. The SMILES string of the molecule is CCOc1ccc2c(c1)sc(=NS(=O)(=O)c1cccs1)n2CC(=O)OC. The predicted octanol–water partition coefficient (Wildman–Crippen LogP) is 2.63. The number of sulfonamides is 1. The van der Waals surface area contributed by atoms with Crippen LogP contribution >= 0.6 is 22.7 Å². The molecule has 0 saturated carbocycles. The fraction of sp³-hybridized carbons (Fsp3) is 0.250. The van der Waals surface area contributed by atoms with Gasteiger partial charge >= 0.3 is 5.97 Å². The molecule has 2 heterocycles. The first-order valence-electron chi connectivity index (χ1n) is 7.62. The highest BCUT2D eigenvalue weighted by molar-refractivity contribution is 7.92. The lowest BCUT2D eigenvalue weighted by molar-refractivity contribution is -0.141. The van der Waals surface area contributed by atoms with Gasteiger partial charge in [0.25, 0.3) is 10.0 Å². The zero-order valence-electron chi connectivity index (χ0n) is 14.0. The van der Waals surface area contributed by atoms with Crippen LogP contribution in [-0.4, -0.2) is 32.7 Å². The van der Waals surface area contributed by atoms with E-state index >= 15 is 0 Å². The second kappa shape index (κ2) is 7.60. The van der Waals surface area contributed by atoms with Crippen LogP contribution < -0.4 is 9.54 Å². The van der Waals surface area contributed by atoms with Gasteiger partial charge in [-0.05, 0) is 36.6 Å². The second-order valence-corrected chi connectivity index (χ2v) is 8.90. The van der Waals surface area contributed by atoms with Crippen molar-refractivity contribution in [1.82, 2.24) is 4.57 Å². The van der Waals surface area contributed by atoms with Gasteiger partial charge in [-0.2, -0.15) is 8.42 Å². The van der Waals surface area contributed by atoms with Gasteiger partial charge in [0.1, 0.15) is 16.5 Å². The van der Waals surface area contributed by atoms with E-state index in [9.17, 15) is 13.2 Å². The average molecular weight is 413 g/mol. The van der Waals surface area contributed by atoms with Crippen LogP contribution in [0.25, 0.3) is 10.2 Å². The maximum absolute atomic E-state index is 12.5. The number of fused-ring (bicyclic) bond motifs is 1. The van der Waals surface area contributed by atoms with Crippen LogP contribution in [0, 0.1) is 0 Å². The molecule has 0 atom stereocenters. The van der Waals surface area contributed by atoms with E-state index in [4.69, 9.17) is 9.47 Å². The molecule has 0 fully saturated rings. The van der Waals surface area contributed by atoms with Crippen molar-refractivity contribution < 1.29 is 22.7 Å². The van der Waals surface area contributed by atoms with Gasteiger partial charge in [0.15, 0.2) is 0 Å². The van der Waals surface area contributed by atoms with Crippen LogP contribution in [0.2, 0.25) is 0 Å². The molecule has 0 aliphatic rings. The highest BCUT2D eigenvalue weighted by Crippen LogP contribution is 2.24. The number of carbonyl (C=O) groups excluding carboxylic acids is 1. The molecule has 0 aliphatic carbocycles. The van der Waals surface area contributed by atoms with Crippen molar-refractivity contribution in [3.05, 3.63) is 40.5 Å². The predicted molar refractivity (Wildman–Crippen MR) is 100 cm³/mol. The number of rotatable bonds is 6. The molecule has 0 N–H and O–H groups in total. The van der Waals surface area contributed by atoms with Gasteiger partial charge in [-0.1, -0.05) is 17.4 Å². The van der Waals surface area contributed by atoms with Gasteiger partial charge in [-0.25, -0.2) is 0 Å². The van der Waals surface area contributed by atoms with Gasteiger partial charge < -0.3 is 14.0 Å². The molecule has 26 heavy (non-hydrogen) atoms. The fourth-order valence-electron chi connectivity index (χ4n) is 2.28. The number of nitrogens with zero attached hydrogens (tertiary/aromatic N) is 2. The summed E-state index contributed by atoms with van der Waals surface area (Å²) in [5.41, 5.74) is 0.684. The molecule has 0 radical (unpaired) electrons. The number of methoxy groups -OCH3 is 1. The molecule has 0 aliphatic heterocycles. The summed E-state index contributed by atoms with van der Waals surface area (Å²) in [6.45, 7) is 2.26. The van der Waals surface area contributed by atoms with Crippen molar-refractivity contribution >= 4 is 48.9 Å². The quantitative estimate of drug-likeness (QED) is 0.581. The smallest absolute Gasteiger partial charge is 0.325 e. The van der Waals surface area contributed by atoms with Gasteiger partial charge in [0.05, 0.1) is 23.9 Å². The Labute approximate surface area is 158 Å². The van der Waals surface area contributed by atoms with E-state index in [2.05, 4.69) is 4.40 Å². The zero-order chi connectivity index (χ0) is 18.7. The summed E-state index contributed by atoms with van der Waals surface area (Å²) in [6.07, 6.45) is 0. The molecule has 0 unspecified atom stereocenters. The Hall–Kier alpha value is -2.17. The van der Waals surface area contributed by atoms with Crippen molar-refractivity contribution in [2.24, 2.45) is 4.40 Å². The third kappa shape index (κ3) is 3.81. The summed E-state index contributed by atoms with van der Waals surface area (Å²) in [7, 11) is -2.57. The molecular weight excluding hydrogens is 396 g/mol. The molecule has 10 heteroatoms. The Morgan fingerprint density at radius 3 is 2.77 bits per heavy atom. The third-order valence-corrected chi connectivity index (χ3v) is 7.22. The van der Waals surface area contributed by atoms with E-state index in [0.29, 0.717) is 17.9 Å². The van der Waals surface area contributed by atoms with Crippen LogP contribution in [0.15, 0.2) is 44.3 Å². The lowest BCUT2D eigenvalue weighted by atomic mass is 10.3. The average Bonchev–Trinajstić information content (AvgIpc) is 3.24. The first kappa shape index (κ1) is 18.6. The third-order valence-electron chi connectivity index (χ3n) is 3.43. The monoisotopic (exact) mass is 412 g/mol. The van der Waals surface area contributed by atoms with Crippen molar-refractivity contribution in [3.63, 3.8) is 0 Å². The maximum Gasteiger partial charge on any atom is 0.325 e. The number of hydrogen-bond acceptors (Lipinski definition) is 7. The molecule has 1 aromatic carbocycles. The van der Waals surface area contributed by atoms with E-state index < -0.39 is 16.0 Å². The highest BCUT2D eigenvalue weighted by Gasteiger charge is 2.17. The number of aromatic nitrogens is 1. The van der Waals surface area contributed by atoms with E-state index in [0.717, 1.165) is 16.0 Å². The number of hydrogen-bond donors (Lipinski definition) is 0. The standard InChI is InChI=1S/C16H16N2O5S3/c1-3-23-11-6-7-12-13(9-11)25-16(18(12)10-14(19)22-2)17-26(20,21)15-5-4-8-24-15/h4-9H,3,10H2,1-2H3. The summed E-state index contributed by atoms with van der Waals surface area (Å²) < 4.78 is 41.6. The lowest BCUT2D eigenvalue weighted by Gasteiger charge is -2.05. The maximum atomic E-state index is 12.5. The minimum absolute atomic E-state index is 0.136. The van der Waals surface area contributed by atoms with Gasteiger partial charge in [0, 0.05) is 0 Å². The first-order chi connectivity index (χ1) is 12.4. The summed E-state index contributed by atoms with van der Waals surface area (Å²) in [5.74, 6) is 0.174. The molecule has 0 saturated heterocycles. The second-order valence-electron chi connectivity index (χ2n) is 5.11. The minimum atomic E-state index is -3.85. The molecule has 0 amide bonds. The Bertz CT molecular complexity index is 1090. The van der Waals surface area contributed by atoms with Crippen molar-refractivity contribution in [1.29, 1.82) is 0 Å². The number of carbonyl (C=O) groups is 1. The van der Waals surface area contributed by atoms with E-state index in [1.165, 1.54) is 29.1 Å². The van der Waals surface area contributed by atoms with Gasteiger partial charge in [0.2, 0.25) is 4.80 Å². The lowest BCUT2D eigenvalue weighted by Crippen LogP contribution is -2.22. The Kier molecular flexibility index (Phi) is 5.44. The first-order valence-corrected chi connectivity index (χ1v) is 10.8. The van der Waals surface area contributed by atoms with Crippen LogP contribution in [0.5, 0.6) is 5.75 Å². The molecule has 0 bridgehead atoms. The highest BCUT2D eigenvalue weighted by atomic mass is 32.2. The molecule has 2 aromatic heterocycles. The fourth-order valence-corrected chi connectivity index (χ4v) is 5.51. The number of esters is 1. The number of benzene rings is 1. The van der Waals surface area contributed by atoms with Crippen molar-refractivity contribution in [2.75, 3.05) is 13.7 Å². The minimum Gasteiger partial charge on any atom is -0.494 e. The molecular formula is C16H16N2O5S3. The van der Waals surface area contributed by atoms with Crippen LogP contribution in [0.4, 0.5) is 0 Å². The van der Waals surface area contributed by atoms with Gasteiger partial charge in [-0.15, -0.1) is 15.7 Å². The van der Waals surface area contributed by atoms with Crippen molar-refractivity contribution in [3.8, 4) is 5.75 Å². The summed E-state index contributed by atoms with van der Waals surface area (Å²) >= 11 is 2.27. The van der Waals surface area contributed by atoms with Gasteiger partial charge in [-0.3, -0.25) is 4.79 Å². The summed E-state index contributed by atoms with van der Waals surface area (Å²) in [5, 5.41) is 1.67. The van der Waals surface area contributed by atoms with Crippen molar-refractivity contribution in [2.45, 2.75) is 17.7 Å². The van der Waals surface area contributed by atoms with Crippen LogP contribution in [0.1, 0.15) is 6.92 Å². The molecule has 7 nitrogen and oxygen atoms in total. The molecule has 3 rings (SSSR count). The largest absolute Gasteiger partial charge is 0.494 e. The normalized spacial score (nSPS) is 12.5. The Morgan fingerprint density at radius 2 is 2.12 bits per heavy atom. The number of thiazole rings is 1. The summed E-state index contributed by atoms with van der Waals surface area (Å²) in [6, 6.07) is 8.48.